The molecule has 0 bridgehead atoms. The molecule has 0 spiro atoms. The molecule has 0 aliphatic carbocycles. The predicted molar refractivity (Wildman–Crippen MR) is 55.1 cm³/mol. The topological polar surface area (TPSA) is 47.6 Å². The lowest BCUT2D eigenvalue weighted by Crippen LogP contribution is -2.54. The van der Waals surface area contributed by atoms with Gasteiger partial charge in [0, 0.05) is 7.11 Å². The molecule has 0 fully saturated rings. The van der Waals surface area contributed by atoms with Gasteiger partial charge in [0.15, 0.2) is 0 Å². The summed E-state index contributed by atoms with van der Waals surface area (Å²) < 4.78 is 9.72. The van der Waals surface area contributed by atoms with Crippen molar-refractivity contribution in [1.82, 2.24) is 5.32 Å². The van der Waals surface area contributed by atoms with Crippen LogP contribution in [-0.2, 0) is 14.3 Å². The smallest absolute Gasteiger partial charge is 0.328 e. The van der Waals surface area contributed by atoms with Crippen molar-refractivity contribution in [3.05, 3.63) is 0 Å². The van der Waals surface area contributed by atoms with Gasteiger partial charge in [-0.3, -0.25) is 5.32 Å². The average Bonchev–Trinajstić information content (AvgIpc) is 2.14. The Labute approximate surface area is 86.0 Å². The molecule has 0 aliphatic rings. The first kappa shape index (κ1) is 13.4. The van der Waals surface area contributed by atoms with Crippen molar-refractivity contribution >= 4 is 5.97 Å². The molecule has 0 aliphatic heterocycles. The van der Waals surface area contributed by atoms with Crippen molar-refractivity contribution < 1.29 is 14.3 Å². The van der Waals surface area contributed by atoms with E-state index in [1.807, 2.05) is 0 Å². The third-order valence-corrected chi connectivity index (χ3v) is 1.97. The van der Waals surface area contributed by atoms with Gasteiger partial charge in [-0.2, -0.15) is 0 Å². The second-order valence-corrected chi connectivity index (χ2v) is 4.03. The van der Waals surface area contributed by atoms with Gasteiger partial charge < -0.3 is 9.47 Å². The fourth-order valence-electron chi connectivity index (χ4n) is 1.13. The molecule has 0 rings (SSSR count). The van der Waals surface area contributed by atoms with Crippen LogP contribution in [0.1, 0.15) is 20.8 Å². The first-order chi connectivity index (χ1) is 6.46. The molecule has 4 nitrogen and oxygen atoms in total. The number of carbonyl (C=O) groups excluding carboxylic acids is 1. The van der Waals surface area contributed by atoms with E-state index in [0.29, 0.717) is 12.5 Å². The van der Waals surface area contributed by atoms with E-state index in [0.717, 1.165) is 6.54 Å². The number of hydrogen-bond acceptors (Lipinski definition) is 4. The van der Waals surface area contributed by atoms with E-state index in [1.54, 1.807) is 14.0 Å². The fraction of sp³-hybridized carbons (Fsp3) is 0.900. The number of hydrogen-bond donors (Lipinski definition) is 1. The number of rotatable bonds is 6. The maximum Gasteiger partial charge on any atom is 0.328 e. The summed E-state index contributed by atoms with van der Waals surface area (Å²) in [6.07, 6.45) is 0. The number of ether oxygens (including phenoxy) is 2. The van der Waals surface area contributed by atoms with Crippen LogP contribution < -0.4 is 5.32 Å². The van der Waals surface area contributed by atoms with Gasteiger partial charge in [0.1, 0.15) is 5.54 Å². The van der Waals surface area contributed by atoms with Gasteiger partial charge in [-0.05, 0) is 19.4 Å². The fourth-order valence-corrected chi connectivity index (χ4v) is 1.13. The Morgan fingerprint density at radius 1 is 1.43 bits per heavy atom. The predicted octanol–water partition coefficient (Wildman–Crippen LogP) is 0.810. The van der Waals surface area contributed by atoms with Gasteiger partial charge in [-0.25, -0.2) is 4.79 Å². The molecule has 0 saturated heterocycles. The van der Waals surface area contributed by atoms with Gasteiger partial charge in [0.2, 0.25) is 0 Å². The zero-order chi connectivity index (χ0) is 11.2. The highest BCUT2D eigenvalue weighted by Gasteiger charge is 2.33. The number of carbonyl (C=O) groups is 1. The molecule has 14 heavy (non-hydrogen) atoms. The second kappa shape index (κ2) is 5.98. The molecule has 4 heteroatoms. The summed E-state index contributed by atoms with van der Waals surface area (Å²) in [5.41, 5.74) is -0.742. The molecular formula is C10H21NO3. The Bertz CT molecular complexity index is 182. The Balaban J connectivity index is 4.30. The summed E-state index contributed by atoms with van der Waals surface area (Å²) in [4.78, 5) is 11.5. The third kappa shape index (κ3) is 4.07. The summed E-state index contributed by atoms with van der Waals surface area (Å²) in [5.74, 6) is 0.191. The monoisotopic (exact) mass is 203 g/mol. The standard InChI is InChI=1S/C10H21NO3/c1-8(2)6-11-10(3,7-13-4)9(12)14-5/h8,11H,6-7H2,1-5H3. The van der Waals surface area contributed by atoms with Crippen molar-refractivity contribution in [2.75, 3.05) is 27.4 Å². The quantitative estimate of drug-likeness (QED) is 0.649. The first-order valence-electron chi connectivity index (χ1n) is 4.78. The minimum atomic E-state index is -0.742. The van der Waals surface area contributed by atoms with E-state index in [-0.39, 0.29) is 5.97 Å². The van der Waals surface area contributed by atoms with Crippen LogP contribution in [0, 0.1) is 5.92 Å². The van der Waals surface area contributed by atoms with Gasteiger partial charge in [-0.15, -0.1) is 0 Å². The maximum absolute atomic E-state index is 11.5. The van der Waals surface area contributed by atoms with Gasteiger partial charge in [-0.1, -0.05) is 13.8 Å². The summed E-state index contributed by atoms with van der Waals surface area (Å²) in [6, 6.07) is 0. The van der Waals surface area contributed by atoms with Crippen LogP contribution in [0.5, 0.6) is 0 Å². The van der Waals surface area contributed by atoms with Crippen LogP contribution in [0.3, 0.4) is 0 Å². The van der Waals surface area contributed by atoms with Crippen molar-refractivity contribution in [3.8, 4) is 0 Å². The van der Waals surface area contributed by atoms with Gasteiger partial charge in [0.25, 0.3) is 0 Å². The molecule has 0 radical (unpaired) electrons. The molecule has 0 heterocycles. The second-order valence-electron chi connectivity index (χ2n) is 4.03. The number of nitrogens with one attached hydrogen (secondary N) is 1. The molecule has 0 amide bonds. The van der Waals surface area contributed by atoms with Crippen LogP contribution in [-0.4, -0.2) is 38.9 Å². The summed E-state index contributed by atoms with van der Waals surface area (Å²) in [6.45, 7) is 7.01. The Hall–Kier alpha value is -0.610. The van der Waals surface area contributed by atoms with E-state index in [2.05, 4.69) is 19.2 Å². The van der Waals surface area contributed by atoms with E-state index < -0.39 is 5.54 Å². The summed E-state index contributed by atoms with van der Waals surface area (Å²) in [7, 11) is 2.95. The lowest BCUT2D eigenvalue weighted by molar-refractivity contribution is -0.150. The van der Waals surface area contributed by atoms with Crippen LogP contribution in [0.4, 0.5) is 0 Å². The maximum atomic E-state index is 11.5. The Morgan fingerprint density at radius 2 is 2.00 bits per heavy atom. The van der Waals surface area contributed by atoms with Crippen LogP contribution >= 0.6 is 0 Å². The highest BCUT2D eigenvalue weighted by atomic mass is 16.5. The summed E-state index contributed by atoms with van der Waals surface area (Å²) >= 11 is 0. The van der Waals surface area contributed by atoms with Crippen molar-refractivity contribution in [1.29, 1.82) is 0 Å². The molecule has 0 aromatic heterocycles. The molecule has 1 N–H and O–H groups in total. The molecule has 1 unspecified atom stereocenters. The molecule has 1 atom stereocenters. The Morgan fingerprint density at radius 3 is 2.36 bits per heavy atom. The Kier molecular flexibility index (Phi) is 5.72. The minimum absolute atomic E-state index is 0.292. The van der Waals surface area contributed by atoms with E-state index in [9.17, 15) is 4.79 Å². The van der Waals surface area contributed by atoms with Gasteiger partial charge in [0.05, 0.1) is 13.7 Å². The van der Waals surface area contributed by atoms with Crippen LogP contribution in [0.2, 0.25) is 0 Å². The lowest BCUT2D eigenvalue weighted by atomic mass is 10.0. The SMILES string of the molecule is COCC(C)(NCC(C)C)C(=O)OC. The van der Waals surface area contributed by atoms with Crippen LogP contribution in [0.15, 0.2) is 0 Å². The third-order valence-electron chi connectivity index (χ3n) is 1.97. The molecular weight excluding hydrogens is 182 g/mol. The number of methoxy groups -OCH3 is 2. The van der Waals surface area contributed by atoms with E-state index in [4.69, 9.17) is 9.47 Å². The molecule has 0 aromatic rings. The molecule has 0 aromatic carbocycles. The highest BCUT2D eigenvalue weighted by molar-refractivity contribution is 5.80. The van der Waals surface area contributed by atoms with Gasteiger partial charge >= 0.3 is 5.97 Å². The van der Waals surface area contributed by atoms with Crippen molar-refractivity contribution in [2.45, 2.75) is 26.3 Å². The molecule has 84 valence electrons. The first-order valence-corrected chi connectivity index (χ1v) is 4.78. The zero-order valence-corrected chi connectivity index (χ0v) is 9.72. The van der Waals surface area contributed by atoms with Crippen molar-refractivity contribution in [3.63, 3.8) is 0 Å². The molecule has 0 saturated carbocycles. The lowest BCUT2D eigenvalue weighted by Gasteiger charge is -2.28. The minimum Gasteiger partial charge on any atom is -0.468 e. The normalized spacial score (nSPS) is 15.3. The van der Waals surface area contributed by atoms with Crippen molar-refractivity contribution in [2.24, 2.45) is 5.92 Å². The van der Waals surface area contributed by atoms with Crippen LogP contribution in [0.25, 0.3) is 0 Å². The number of esters is 1. The highest BCUT2D eigenvalue weighted by Crippen LogP contribution is 2.07. The summed E-state index contributed by atoms with van der Waals surface area (Å²) in [5, 5.41) is 3.15. The average molecular weight is 203 g/mol. The van der Waals surface area contributed by atoms with E-state index >= 15 is 0 Å². The zero-order valence-electron chi connectivity index (χ0n) is 9.72. The largest absolute Gasteiger partial charge is 0.468 e. The van der Waals surface area contributed by atoms with E-state index in [1.165, 1.54) is 7.11 Å².